The first-order valence-electron chi connectivity index (χ1n) is 6.24. The highest BCUT2D eigenvalue weighted by molar-refractivity contribution is 7.75. The maximum absolute atomic E-state index is 12.3. The number of allylic oxidation sites excluding steroid dienone is 2. The van der Waals surface area contributed by atoms with E-state index in [4.69, 9.17) is 4.18 Å². The summed E-state index contributed by atoms with van der Waals surface area (Å²) in [5.41, 5.74) is 0.947. The predicted octanol–water partition coefficient (Wildman–Crippen LogP) is 2.44. The third-order valence-corrected chi connectivity index (χ3v) is 4.21. The summed E-state index contributed by atoms with van der Waals surface area (Å²) >= 11 is 3.93. The van der Waals surface area contributed by atoms with Crippen LogP contribution in [0.2, 0.25) is 0 Å². The second kappa shape index (κ2) is 4.65. The molecule has 0 bridgehead atoms. The van der Waals surface area contributed by atoms with E-state index in [0.29, 0.717) is 6.42 Å². The van der Waals surface area contributed by atoms with Crippen molar-refractivity contribution < 1.29 is 8.98 Å². The molecule has 1 saturated heterocycles. The molecule has 0 aromatic carbocycles. The van der Waals surface area contributed by atoms with E-state index in [1.807, 2.05) is 13.8 Å². The number of rotatable bonds is 2. The summed E-state index contributed by atoms with van der Waals surface area (Å²) in [6.07, 6.45) is 2.62. The van der Waals surface area contributed by atoms with Gasteiger partial charge in [0.2, 0.25) is 0 Å². The summed E-state index contributed by atoms with van der Waals surface area (Å²) in [6, 6.07) is 0. The molecule has 2 aliphatic rings. The van der Waals surface area contributed by atoms with Crippen molar-refractivity contribution in [2.75, 3.05) is 20.1 Å². The molecule has 0 N–H and O–H groups in total. The van der Waals surface area contributed by atoms with E-state index in [1.165, 1.54) is 0 Å². The Morgan fingerprint density at radius 1 is 1.41 bits per heavy atom. The molecular weight excluding hydrogens is 234 g/mol. The summed E-state index contributed by atoms with van der Waals surface area (Å²) in [7, 11) is 2.11. The van der Waals surface area contributed by atoms with Crippen molar-refractivity contribution in [2.24, 2.45) is 11.3 Å². The summed E-state index contributed by atoms with van der Waals surface area (Å²) < 4.78 is 5.19. The molecule has 1 fully saturated rings. The summed E-state index contributed by atoms with van der Waals surface area (Å²) in [5.74, 6) is 1.28. The Bertz CT molecular complexity index is 364. The minimum atomic E-state index is 0.0995. The van der Waals surface area contributed by atoms with E-state index in [1.54, 1.807) is 0 Å². The Kier molecular flexibility index (Phi) is 3.55. The molecule has 0 aromatic rings. The van der Waals surface area contributed by atoms with Crippen LogP contribution >= 0.6 is 12.9 Å². The number of hydrogen-bond acceptors (Lipinski definition) is 4. The average molecular weight is 255 g/mol. The molecule has 1 aliphatic heterocycles. The van der Waals surface area contributed by atoms with E-state index in [2.05, 4.69) is 24.9 Å². The van der Waals surface area contributed by atoms with Crippen molar-refractivity contribution in [3.63, 3.8) is 0 Å². The fourth-order valence-corrected chi connectivity index (χ4v) is 3.43. The van der Waals surface area contributed by atoms with Crippen LogP contribution in [0.4, 0.5) is 0 Å². The lowest BCUT2D eigenvalue weighted by Gasteiger charge is -2.34. The van der Waals surface area contributed by atoms with Gasteiger partial charge in [0.1, 0.15) is 5.76 Å². The summed E-state index contributed by atoms with van der Waals surface area (Å²) in [6.45, 7) is 6.15. The fourth-order valence-electron chi connectivity index (χ4n) is 3.26. The molecule has 4 heteroatoms. The molecule has 17 heavy (non-hydrogen) atoms. The van der Waals surface area contributed by atoms with Crippen LogP contribution in [0.1, 0.15) is 33.1 Å². The Balaban J connectivity index is 2.29. The van der Waals surface area contributed by atoms with Gasteiger partial charge in [-0.3, -0.25) is 4.79 Å². The third kappa shape index (κ3) is 2.38. The molecule has 0 aromatic heterocycles. The Hall–Kier alpha value is -0.480. The number of carbonyl (C=O) groups excluding carboxylic acids is 1. The minimum Gasteiger partial charge on any atom is -0.433 e. The highest BCUT2D eigenvalue weighted by Crippen LogP contribution is 2.45. The highest BCUT2D eigenvalue weighted by Gasteiger charge is 2.44. The largest absolute Gasteiger partial charge is 0.433 e. The smallest absolute Gasteiger partial charge is 0.163 e. The maximum Gasteiger partial charge on any atom is 0.163 e. The van der Waals surface area contributed by atoms with Gasteiger partial charge in [0.15, 0.2) is 5.78 Å². The van der Waals surface area contributed by atoms with Gasteiger partial charge in [-0.15, -0.1) is 0 Å². The normalized spacial score (nSPS) is 30.8. The first-order chi connectivity index (χ1) is 7.97. The lowest BCUT2D eigenvalue weighted by molar-refractivity contribution is -0.119. The van der Waals surface area contributed by atoms with E-state index < -0.39 is 0 Å². The van der Waals surface area contributed by atoms with Gasteiger partial charge >= 0.3 is 0 Å². The zero-order valence-corrected chi connectivity index (χ0v) is 11.7. The van der Waals surface area contributed by atoms with Crippen LogP contribution in [0, 0.1) is 11.3 Å². The number of thiol groups is 1. The second-order valence-corrected chi connectivity index (χ2v) is 6.03. The van der Waals surface area contributed by atoms with Crippen LogP contribution in [0.5, 0.6) is 0 Å². The number of carbonyl (C=O) groups is 1. The van der Waals surface area contributed by atoms with Crippen molar-refractivity contribution in [3.05, 3.63) is 11.3 Å². The number of ketones is 1. The number of hydrogen-bond donors (Lipinski definition) is 1. The first-order valence-corrected chi connectivity index (χ1v) is 6.60. The molecule has 2 rings (SSSR count). The predicted molar refractivity (Wildman–Crippen MR) is 70.7 cm³/mol. The van der Waals surface area contributed by atoms with Gasteiger partial charge < -0.3 is 9.08 Å². The third-order valence-electron chi connectivity index (χ3n) is 3.99. The van der Waals surface area contributed by atoms with Crippen LogP contribution in [0.15, 0.2) is 11.3 Å². The second-order valence-electron chi connectivity index (χ2n) is 5.85. The molecule has 0 radical (unpaired) electrons. The van der Waals surface area contributed by atoms with Crippen LogP contribution < -0.4 is 0 Å². The minimum absolute atomic E-state index is 0.0995. The van der Waals surface area contributed by atoms with Gasteiger partial charge in [-0.25, -0.2) is 0 Å². The van der Waals surface area contributed by atoms with Crippen molar-refractivity contribution in [1.29, 1.82) is 0 Å². The van der Waals surface area contributed by atoms with Crippen molar-refractivity contribution in [3.8, 4) is 0 Å². The lowest BCUT2D eigenvalue weighted by atomic mass is 9.71. The topological polar surface area (TPSA) is 29.5 Å². The molecule has 1 heterocycles. The van der Waals surface area contributed by atoms with Crippen LogP contribution in [-0.2, 0) is 8.98 Å². The van der Waals surface area contributed by atoms with Gasteiger partial charge in [-0.1, -0.05) is 13.8 Å². The number of Topliss-reactive ketones (excluding diaryl/α,β-unsaturated/α-hetero) is 1. The molecule has 1 unspecified atom stereocenters. The van der Waals surface area contributed by atoms with Gasteiger partial charge in [-0.2, -0.15) is 0 Å². The monoisotopic (exact) mass is 255 g/mol. The Morgan fingerprint density at radius 2 is 2.12 bits per heavy atom. The molecule has 0 saturated carbocycles. The van der Waals surface area contributed by atoms with E-state index in [-0.39, 0.29) is 17.1 Å². The standard InChI is InChI=1S/C13H21NO2S/c1-9(2)12-10(15)6-13(7-11(12)16-17)4-5-14(3)8-13/h9,17H,4-8H2,1-3H3. The van der Waals surface area contributed by atoms with Crippen LogP contribution in [0.3, 0.4) is 0 Å². The van der Waals surface area contributed by atoms with Crippen LogP contribution in [-0.4, -0.2) is 30.8 Å². The fraction of sp³-hybridized carbons (Fsp3) is 0.769. The quantitative estimate of drug-likeness (QED) is 0.607. The lowest BCUT2D eigenvalue weighted by Crippen LogP contribution is -2.34. The van der Waals surface area contributed by atoms with Gasteiger partial charge in [-0.05, 0) is 31.3 Å². The van der Waals surface area contributed by atoms with Crippen molar-refractivity contribution in [2.45, 2.75) is 33.1 Å². The van der Waals surface area contributed by atoms with Gasteiger partial charge in [0.05, 0.1) is 0 Å². The molecule has 0 amide bonds. The van der Waals surface area contributed by atoms with E-state index in [0.717, 1.165) is 37.3 Å². The molecule has 1 aliphatic carbocycles. The zero-order chi connectivity index (χ0) is 12.6. The number of likely N-dealkylation sites (tertiary alicyclic amines) is 1. The summed E-state index contributed by atoms with van der Waals surface area (Å²) in [4.78, 5) is 14.6. The maximum atomic E-state index is 12.3. The van der Waals surface area contributed by atoms with E-state index in [9.17, 15) is 4.79 Å². The SMILES string of the molecule is CC(C)C1=C(OS)CC2(CCN(C)C2)CC1=O. The molecular formula is C13H21NO2S. The summed E-state index contributed by atoms with van der Waals surface area (Å²) in [5, 5.41) is 0. The Morgan fingerprint density at radius 3 is 2.59 bits per heavy atom. The van der Waals surface area contributed by atoms with Gasteiger partial charge in [0, 0.05) is 37.9 Å². The van der Waals surface area contributed by atoms with Crippen molar-refractivity contribution in [1.82, 2.24) is 4.90 Å². The molecule has 1 spiro atoms. The molecule has 96 valence electrons. The highest BCUT2D eigenvalue weighted by atomic mass is 32.1. The molecule has 1 atom stereocenters. The van der Waals surface area contributed by atoms with Crippen LogP contribution in [0.25, 0.3) is 0 Å². The van der Waals surface area contributed by atoms with E-state index >= 15 is 0 Å². The average Bonchev–Trinajstić information content (AvgIpc) is 2.57. The van der Waals surface area contributed by atoms with Crippen molar-refractivity contribution >= 4 is 18.7 Å². The van der Waals surface area contributed by atoms with Gasteiger partial charge in [0.25, 0.3) is 0 Å². The Labute approximate surface area is 109 Å². The molecule has 3 nitrogen and oxygen atoms in total. The first kappa shape index (κ1) is 13.0. The number of nitrogens with zero attached hydrogens (tertiary/aromatic N) is 1. The zero-order valence-electron chi connectivity index (χ0n) is 10.8.